The first-order valence-corrected chi connectivity index (χ1v) is 12.1. The monoisotopic (exact) mass is 555 g/mol. The Kier molecular flexibility index (Phi) is 10.9. The molecule has 1 saturated heterocycles. The van der Waals surface area contributed by atoms with Crippen molar-refractivity contribution >= 4 is 17.8 Å². The Balaban J connectivity index is 0.000000532. The molecule has 16 heteroatoms. The molecule has 1 fully saturated rings. The molecule has 0 radical (unpaired) electrons. The van der Waals surface area contributed by atoms with Crippen LogP contribution in [0.25, 0.3) is 0 Å². The van der Waals surface area contributed by atoms with Gasteiger partial charge in [-0.2, -0.15) is 18.2 Å². The van der Waals surface area contributed by atoms with E-state index in [9.17, 15) is 22.8 Å². The quantitative estimate of drug-likeness (QED) is 0.359. The molecule has 3 aliphatic rings. The Morgan fingerprint density at radius 2 is 1.90 bits per heavy atom. The van der Waals surface area contributed by atoms with Crippen molar-refractivity contribution in [2.24, 2.45) is 16.1 Å². The fraction of sp³-hybridized carbons (Fsp3) is 0.522. The van der Waals surface area contributed by atoms with Crippen LogP contribution in [0.3, 0.4) is 0 Å². The van der Waals surface area contributed by atoms with Crippen molar-refractivity contribution in [3.05, 3.63) is 47.4 Å². The van der Waals surface area contributed by atoms with E-state index in [1.54, 1.807) is 0 Å². The number of ether oxygens (including phenoxy) is 1. The number of morpholine rings is 1. The SMILES string of the molecule is O=C(CCc1nc(CN2CCOCC2)no1)NCCCNC1=C2C=CC=CC2C(=O)N=N1.O=C(O)C(F)(F)F. The number of amides is 2. The molecule has 1 unspecified atom stereocenters. The first kappa shape index (κ1) is 29.6. The number of carboxylic acid groups (broad SMARTS) is 1. The van der Waals surface area contributed by atoms with E-state index < -0.39 is 12.1 Å². The van der Waals surface area contributed by atoms with Crippen LogP contribution in [0, 0.1) is 5.92 Å². The summed E-state index contributed by atoms with van der Waals surface area (Å²) >= 11 is 0. The number of fused-ring (bicyclic) bond motifs is 1. The number of azo groups is 1. The first-order chi connectivity index (χ1) is 18.6. The highest BCUT2D eigenvalue weighted by Crippen LogP contribution is 2.27. The van der Waals surface area contributed by atoms with Gasteiger partial charge >= 0.3 is 12.1 Å². The maximum Gasteiger partial charge on any atom is 0.490 e. The van der Waals surface area contributed by atoms with Crippen LogP contribution in [0.2, 0.25) is 0 Å². The Bertz CT molecular complexity index is 1140. The van der Waals surface area contributed by atoms with E-state index in [4.69, 9.17) is 19.2 Å². The van der Waals surface area contributed by atoms with Crippen LogP contribution >= 0.6 is 0 Å². The van der Waals surface area contributed by atoms with E-state index in [0.717, 1.165) is 31.9 Å². The first-order valence-electron chi connectivity index (χ1n) is 12.1. The van der Waals surface area contributed by atoms with Gasteiger partial charge in [-0.3, -0.25) is 14.5 Å². The lowest BCUT2D eigenvalue weighted by molar-refractivity contribution is -0.192. The molecule has 3 heterocycles. The number of hydrogen-bond acceptors (Lipinski definition) is 10. The highest BCUT2D eigenvalue weighted by atomic mass is 19.4. The van der Waals surface area contributed by atoms with Crippen molar-refractivity contribution in [3.8, 4) is 0 Å². The van der Waals surface area contributed by atoms with Gasteiger partial charge < -0.3 is 25.0 Å². The fourth-order valence-corrected chi connectivity index (χ4v) is 3.59. The molecule has 1 aliphatic carbocycles. The molecule has 0 aromatic carbocycles. The summed E-state index contributed by atoms with van der Waals surface area (Å²) in [4.78, 5) is 39.4. The molecule has 2 aliphatic heterocycles. The maximum atomic E-state index is 12.1. The second-order valence-electron chi connectivity index (χ2n) is 8.49. The lowest BCUT2D eigenvalue weighted by atomic mass is 9.93. The number of alkyl halides is 3. The van der Waals surface area contributed by atoms with E-state index in [1.807, 2.05) is 24.3 Å². The van der Waals surface area contributed by atoms with Crippen LogP contribution in [-0.2, 0) is 32.1 Å². The van der Waals surface area contributed by atoms with E-state index >= 15 is 0 Å². The summed E-state index contributed by atoms with van der Waals surface area (Å²) in [5.74, 6) is -1.73. The highest BCUT2D eigenvalue weighted by molar-refractivity contribution is 5.86. The minimum absolute atomic E-state index is 0.0664. The average molecular weight is 556 g/mol. The molecule has 13 nitrogen and oxygen atoms in total. The van der Waals surface area contributed by atoms with E-state index in [2.05, 4.69) is 35.9 Å². The van der Waals surface area contributed by atoms with Gasteiger partial charge in [-0.05, 0) is 6.42 Å². The molecule has 2 amide bonds. The Morgan fingerprint density at radius 3 is 2.62 bits per heavy atom. The van der Waals surface area contributed by atoms with Gasteiger partial charge in [0.1, 0.15) is 0 Å². The number of rotatable bonds is 10. The third-order valence-electron chi connectivity index (χ3n) is 5.57. The molecular formula is C23H28F3N7O6. The molecule has 1 aromatic rings. The summed E-state index contributed by atoms with van der Waals surface area (Å²) in [7, 11) is 0. The molecule has 212 valence electrons. The number of allylic oxidation sites excluding steroid dienone is 3. The summed E-state index contributed by atoms with van der Waals surface area (Å²) < 4.78 is 42.3. The van der Waals surface area contributed by atoms with Gasteiger partial charge in [-0.15, -0.1) is 10.2 Å². The average Bonchev–Trinajstić information content (AvgIpc) is 3.36. The van der Waals surface area contributed by atoms with Gasteiger partial charge in [-0.1, -0.05) is 29.5 Å². The number of aryl methyl sites for hydroxylation is 1. The molecule has 0 bridgehead atoms. The lowest BCUT2D eigenvalue weighted by Gasteiger charge is -2.24. The third kappa shape index (κ3) is 9.72. The molecule has 39 heavy (non-hydrogen) atoms. The van der Waals surface area contributed by atoms with Crippen molar-refractivity contribution < 1.29 is 41.9 Å². The molecule has 1 atom stereocenters. The Morgan fingerprint density at radius 1 is 1.15 bits per heavy atom. The predicted molar refractivity (Wildman–Crippen MR) is 127 cm³/mol. The minimum atomic E-state index is -5.08. The summed E-state index contributed by atoms with van der Waals surface area (Å²) in [6, 6.07) is 0. The van der Waals surface area contributed by atoms with Crippen LogP contribution < -0.4 is 10.6 Å². The van der Waals surface area contributed by atoms with Gasteiger partial charge in [0.05, 0.1) is 25.7 Å². The van der Waals surface area contributed by atoms with Gasteiger partial charge in [-0.25, -0.2) is 4.79 Å². The molecule has 1 aromatic heterocycles. The number of carbonyl (C=O) groups excluding carboxylic acids is 2. The second-order valence-corrected chi connectivity index (χ2v) is 8.49. The summed E-state index contributed by atoms with van der Waals surface area (Å²) in [5, 5.41) is 24.9. The van der Waals surface area contributed by atoms with Crippen LogP contribution in [-0.4, -0.2) is 83.5 Å². The topological polar surface area (TPSA) is 172 Å². The van der Waals surface area contributed by atoms with Crippen molar-refractivity contribution in [2.45, 2.75) is 32.0 Å². The largest absolute Gasteiger partial charge is 0.490 e. The zero-order chi connectivity index (χ0) is 28.3. The zero-order valence-corrected chi connectivity index (χ0v) is 20.8. The van der Waals surface area contributed by atoms with Crippen molar-refractivity contribution in [3.63, 3.8) is 0 Å². The molecule has 0 spiro atoms. The molecule has 3 N–H and O–H groups in total. The number of aliphatic carboxylic acids is 1. The van der Waals surface area contributed by atoms with Crippen LogP contribution in [0.15, 0.2) is 50.4 Å². The number of carbonyl (C=O) groups is 3. The number of halogens is 3. The summed E-state index contributed by atoms with van der Waals surface area (Å²) in [6.45, 7) is 4.91. The summed E-state index contributed by atoms with van der Waals surface area (Å²) in [6.07, 6.45) is 3.71. The second kappa shape index (κ2) is 14.3. The van der Waals surface area contributed by atoms with Gasteiger partial charge in [0.25, 0.3) is 5.91 Å². The third-order valence-corrected chi connectivity index (χ3v) is 5.57. The lowest BCUT2D eigenvalue weighted by Crippen LogP contribution is -2.35. The number of nitrogens with zero attached hydrogens (tertiary/aromatic N) is 5. The molecule has 4 rings (SSSR count). The van der Waals surface area contributed by atoms with Crippen molar-refractivity contribution in [2.75, 3.05) is 39.4 Å². The Hall–Kier alpha value is -3.92. The standard InChI is InChI=1S/C21H27N7O4.C2HF3O2/c29-18(6-7-19-24-17(27-32-19)14-28-10-12-31-13-11-28)22-8-3-9-23-20-15-4-1-2-5-16(15)21(30)26-25-20;3-2(4,5)1(6)7/h1-2,4-5,16,23H,3,6-14H2,(H,22,29);(H,6,7). The predicted octanol–water partition coefficient (Wildman–Crippen LogP) is 1.51. The van der Waals surface area contributed by atoms with Crippen molar-refractivity contribution in [1.29, 1.82) is 0 Å². The molecule has 0 saturated carbocycles. The number of nitrogens with one attached hydrogen (secondary N) is 2. The Labute approximate surface area is 220 Å². The fourth-order valence-electron chi connectivity index (χ4n) is 3.59. The number of carboxylic acids is 1. The number of aromatic nitrogens is 2. The highest BCUT2D eigenvalue weighted by Gasteiger charge is 2.38. The van der Waals surface area contributed by atoms with Crippen LogP contribution in [0.1, 0.15) is 24.6 Å². The number of hydrogen-bond donors (Lipinski definition) is 3. The van der Waals surface area contributed by atoms with Gasteiger partial charge in [0, 0.05) is 44.6 Å². The van der Waals surface area contributed by atoms with Crippen LogP contribution in [0.5, 0.6) is 0 Å². The van der Waals surface area contributed by atoms with E-state index in [1.165, 1.54) is 0 Å². The van der Waals surface area contributed by atoms with E-state index in [-0.39, 0.29) is 24.2 Å². The smallest absolute Gasteiger partial charge is 0.475 e. The normalized spacial score (nSPS) is 18.8. The van der Waals surface area contributed by atoms with Crippen LogP contribution in [0.4, 0.5) is 13.2 Å². The van der Waals surface area contributed by atoms with Gasteiger partial charge in [0.15, 0.2) is 11.6 Å². The van der Waals surface area contributed by atoms with Gasteiger partial charge in [0.2, 0.25) is 11.8 Å². The summed E-state index contributed by atoms with van der Waals surface area (Å²) in [5.41, 5.74) is 0.823. The van der Waals surface area contributed by atoms with E-state index in [0.29, 0.717) is 50.0 Å². The van der Waals surface area contributed by atoms with Crippen molar-refractivity contribution in [1.82, 2.24) is 25.7 Å². The zero-order valence-electron chi connectivity index (χ0n) is 20.8. The minimum Gasteiger partial charge on any atom is -0.475 e. The maximum absolute atomic E-state index is 12.1. The molecular weight excluding hydrogens is 527 g/mol.